The van der Waals surface area contributed by atoms with Crippen molar-refractivity contribution in [3.8, 4) is 11.1 Å². The molecule has 1 aliphatic rings. The number of methoxy groups -OCH3 is 1. The van der Waals surface area contributed by atoms with Gasteiger partial charge in [-0.2, -0.15) is 0 Å². The summed E-state index contributed by atoms with van der Waals surface area (Å²) in [7, 11) is -2.74. The second kappa shape index (κ2) is 15.3. The maximum Gasteiger partial charge on any atom is 0.268 e. The lowest BCUT2D eigenvalue weighted by Crippen LogP contribution is -2.42. The molecule has 3 aromatic rings. The van der Waals surface area contributed by atoms with E-state index in [-0.39, 0.29) is 43.0 Å². The van der Waals surface area contributed by atoms with Crippen LogP contribution in [-0.4, -0.2) is 67.9 Å². The molecule has 12 heteroatoms. The van der Waals surface area contributed by atoms with E-state index in [2.05, 4.69) is 12.1 Å². The maximum atomic E-state index is 14.3. The molecule has 250 valence electrons. The van der Waals surface area contributed by atoms with E-state index in [1.54, 1.807) is 43.0 Å². The highest BCUT2D eigenvalue weighted by Gasteiger charge is 2.46. The van der Waals surface area contributed by atoms with Crippen LogP contribution in [-0.2, 0) is 37.4 Å². The van der Waals surface area contributed by atoms with Crippen molar-refractivity contribution in [1.82, 2.24) is 10.1 Å². The van der Waals surface area contributed by atoms with Crippen LogP contribution < -0.4 is 4.31 Å². The number of aliphatic imine (C=N–C) groups is 1. The third kappa shape index (κ3) is 7.05. The van der Waals surface area contributed by atoms with Crippen molar-refractivity contribution in [3.63, 3.8) is 0 Å². The largest absolute Gasteiger partial charge is 0.396 e. The van der Waals surface area contributed by atoms with Crippen molar-refractivity contribution in [3.05, 3.63) is 64.9 Å². The molecule has 1 aromatic heterocycles. The topological polar surface area (TPSA) is 135 Å². The molecular formula is C34H46N4O7S. The van der Waals surface area contributed by atoms with E-state index < -0.39 is 15.6 Å². The Morgan fingerprint density at radius 1 is 1.09 bits per heavy atom. The van der Waals surface area contributed by atoms with E-state index in [0.717, 1.165) is 34.1 Å². The molecule has 46 heavy (non-hydrogen) atoms. The number of amides is 1. The van der Waals surface area contributed by atoms with Crippen molar-refractivity contribution in [2.24, 2.45) is 4.99 Å². The number of ether oxygens (including phenoxy) is 2. The summed E-state index contributed by atoms with van der Waals surface area (Å²) in [5.74, 6) is 1.32. The van der Waals surface area contributed by atoms with Gasteiger partial charge in [-0.25, -0.2) is 12.7 Å². The molecule has 1 atom stereocenters. The van der Waals surface area contributed by atoms with Crippen LogP contribution in [0.25, 0.3) is 11.1 Å². The van der Waals surface area contributed by atoms with Gasteiger partial charge in [-0.15, -0.1) is 0 Å². The van der Waals surface area contributed by atoms with Gasteiger partial charge in [-0.05, 0) is 56.4 Å². The van der Waals surface area contributed by atoms with Crippen LogP contribution >= 0.6 is 0 Å². The zero-order valence-corrected chi connectivity index (χ0v) is 28.5. The highest BCUT2D eigenvalue weighted by atomic mass is 32.2. The second-order valence-corrected chi connectivity index (χ2v) is 13.3. The number of aryl methyl sites for hydroxylation is 1. The highest BCUT2D eigenvalue weighted by molar-refractivity contribution is 7.93. The molecule has 1 amide bonds. The monoisotopic (exact) mass is 654 g/mol. The quantitative estimate of drug-likeness (QED) is 0.182. The van der Waals surface area contributed by atoms with E-state index in [1.165, 1.54) is 7.11 Å². The van der Waals surface area contributed by atoms with E-state index in [1.807, 2.05) is 32.0 Å². The van der Waals surface area contributed by atoms with Gasteiger partial charge in [0.05, 0.1) is 18.0 Å². The summed E-state index contributed by atoms with van der Waals surface area (Å²) in [5, 5.41) is 13.8. The molecule has 0 spiro atoms. The van der Waals surface area contributed by atoms with Gasteiger partial charge in [0.15, 0.2) is 5.82 Å². The predicted octanol–water partition coefficient (Wildman–Crippen LogP) is 5.76. The number of carbonyl (C=O) groups is 1. The van der Waals surface area contributed by atoms with Gasteiger partial charge in [0.1, 0.15) is 23.9 Å². The first-order chi connectivity index (χ1) is 22.1. The molecule has 0 radical (unpaired) electrons. The summed E-state index contributed by atoms with van der Waals surface area (Å²) in [6.45, 7) is 10.0. The Labute approximate surface area is 272 Å². The number of aromatic nitrogens is 1. The summed E-state index contributed by atoms with van der Waals surface area (Å²) in [5.41, 5.74) is 2.49. The van der Waals surface area contributed by atoms with Crippen molar-refractivity contribution in [2.75, 3.05) is 31.4 Å². The van der Waals surface area contributed by atoms with Gasteiger partial charge in [-0.3, -0.25) is 14.7 Å². The number of unbranched alkanes of at least 4 members (excludes halogenated alkanes) is 1. The predicted molar refractivity (Wildman–Crippen MR) is 177 cm³/mol. The number of aliphatic hydroxyl groups is 1. The molecular weight excluding hydrogens is 608 g/mol. The fourth-order valence-corrected chi connectivity index (χ4v) is 7.31. The number of aliphatic hydroxyl groups excluding tert-OH is 1. The van der Waals surface area contributed by atoms with Gasteiger partial charge in [0.25, 0.3) is 15.9 Å². The van der Waals surface area contributed by atoms with E-state index in [9.17, 15) is 18.3 Å². The van der Waals surface area contributed by atoms with Crippen molar-refractivity contribution in [1.29, 1.82) is 0 Å². The number of hydrogen-bond acceptors (Lipinski definition) is 9. The minimum absolute atomic E-state index is 0.0815. The van der Waals surface area contributed by atoms with Crippen LogP contribution in [0.5, 0.6) is 0 Å². The summed E-state index contributed by atoms with van der Waals surface area (Å²) >= 11 is 0. The standard InChI is InChI=1S/C34H46N4O7S/c1-7-10-15-31-35-34(8-2,18-19-39)33(40)37(31)21-26-16-17-28(27(20-26)22-44-9-3)29-13-11-12-14-30(29)46(41,42)38(23-43-6)32-24(4)25(5)45-36-32/h11-14,16-17,20,39H,7-10,15,18-19,21-23H2,1-6H3. The van der Waals surface area contributed by atoms with Gasteiger partial charge in [0.2, 0.25) is 0 Å². The van der Waals surface area contributed by atoms with Crippen molar-refractivity contribution in [2.45, 2.75) is 90.3 Å². The number of hydrogen-bond donors (Lipinski definition) is 1. The lowest BCUT2D eigenvalue weighted by atomic mass is 9.92. The Hall–Kier alpha value is -3.58. The van der Waals surface area contributed by atoms with E-state index >= 15 is 0 Å². The smallest absolute Gasteiger partial charge is 0.268 e. The molecule has 0 aliphatic carbocycles. The summed E-state index contributed by atoms with van der Waals surface area (Å²) < 4.78 is 46.1. The van der Waals surface area contributed by atoms with Crippen LogP contribution in [0.2, 0.25) is 0 Å². The first-order valence-electron chi connectivity index (χ1n) is 15.8. The van der Waals surface area contributed by atoms with Crippen molar-refractivity contribution < 1.29 is 32.3 Å². The molecule has 0 bridgehead atoms. The third-order valence-corrected chi connectivity index (χ3v) is 10.3. The zero-order valence-electron chi connectivity index (χ0n) is 27.7. The average molecular weight is 655 g/mol. The van der Waals surface area contributed by atoms with E-state index in [4.69, 9.17) is 19.0 Å². The lowest BCUT2D eigenvalue weighted by molar-refractivity contribution is -0.132. The number of rotatable bonds is 17. The molecule has 1 unspecified atom stereocenters. The van der Waals surface area contributed by atoms with Gasteiger partial charge in [0, 0.05) is 44.3 Å². The molecule has 0 saturated carbocycles. The zero-order chi connectivity index (χ0) is 33.5. The number of amidine groups is 1. The first-order valence-corrected chi connectivity index (χ1v) is 17.3. The molecule has 2 aromatic carbocycles. The fourth-order valence-electron chi connectivity index (χ4n) is 5.72. The number of sulfonamides is 1. The highest BCUT2D eigenvalue weighted by Crippen LogP contribution is 2.37. The Morgan fingerprint density at radius 2 is 1.85 bits per heavy atom. The summed E-state index contributed by atoms with van der Waals surface area (Å²) in [6.07, 6.45) is 3.32. The van der Waals surface area contributed by atoms with Gasteiger partial charge < -0.3 is 19.1 Å². The molecule has 1 N–H and O–H groups in total. The summed E-state index contributed by atoms with van der Waals surface area (Å²) in [4.78, 5) is 20.5. The van der Waals surface area contributed by atoms with Gasteiger partial charge in [-0.1, -0.05) is 61.8 Å². The minimum atomic E-state index is -4.16. The number of carbonyl (C=O) groups excluding carboxylic acids is 1. The number of benzene rings is 2. The lowest BCUT2D eigenvalue weighted by Gasteiger charge is -2.25. The van der Waals surface area contributed by atoms with Crippen LogP contribution in [0.4, 0.5) is 5.82 Å². The molecule has 0 fully saturated rings. The Kier molecular flexibility index (Phi) is 11.8. The molecule has 2 heterocycles. The van der Waals surface area contributed by atoms with Gasteiger partial charge >= 0.3 is 0 Å². The number of nitrogens with zero attached hydrogens (tertiary/aromatic N) is 4. The SMILES string of the molecule is CCCCC1=NC(CC)(CCO)C(=O)N1Cc1ccc(-c2ccccc2S(=O)(=O)N(COC)c2noc(C)c2C)c(COCC)c1. The fraction of sp³-hybridized carbons (Fsp3) is 0.500. The van der Waals surface area contributed by atoms with E-state index in [0.29, 0.717) is 48.4 Å². The molecule has 1 aliphatic heterocycles. The Balaban J connectivity index is 1.77. The normalized spacial score (nSPS) is 16.7. The molecule has 11 nitrogen and oxygen atoms in total. The summed E-state index contributed by atoms with van der Waals surface area (Å²) in [6, 6.07) is 12.6. The average Bonchev–Trinajstić information content (AvgIpc) is 3.52. The van der Waals surface area contributed by atoms with Crippen LogP contribution in [0.15, 0.2) is 56.9 Å². The maximum absolute atomic E-state index is 14.3. The first kappa shape index (κ1) is 35.3. The Morgan fingerprint density at radius 3 is 2.48 bits per heavy atom. The third-order valence-electron chi connectivity index (χ3n) is 8.49. The van der Waals surface area contributed by atoms with Crippen LogP contribution in [0.3, 0.4) is 0 Å². The number of anilines is 1. The minimum Gasteiger partial charge on any atom is -0.396 e. The Bertz CT molecular complexity index is 1650. The van der Waals surface area contributed by atoms with Crippen molar-refractivity contribution >= 4 is 27.6 Å². The second-order valence-electron chi connectivity index (χ2n) is 11.5. The molecule has 0 saturated heterocycles. The van der Waals surface area contributed by atoms with Crippen LogP contribution in [0.1, 0.15) is 75.3 Å². The molecule has 4 rings (SSSR count). The van der Waals surface area contributed by atoms with Crippen LogP contribution in [0, 0.1) is 13.8 Å².